The van der Waals surface area contributed by atoms with Crippen molar-refractivity contribution in [2.45, 2.75) is 38.9 Å². The third kappa shape index (κ3) is 4.05. The Balaban J connectivity index is 1.89. The van der Waals surface area contributed by atoms with Crippen molar-refractivity contribution in [2.24, 2.45) is 5.92 Å². The fourth-order valence-electron chi connectivity index (χ4n) is 2.95. The van der Waals surface area contributed by atoms with Crippen LogP contribution in [0.15, 0.2) is 24.3 Å². The normalized spacial score (nSPS) is 19.0. The molecule has 22 heavy (non-hydrogen) atoms. The lowest BCUT2D eigenvalue weighted by molar-refractivity contribution is -0.144. The molecular formula is C17H24FNO3. The van der Waals surface area contributed by atoms with Crippen molar-refractivity contribution in [2.75, 3.05) is 19.7 Å². The van der Waals surface area contributed by atoms with Crippen LogP contribution in [-0.4, -0.2) is 41.7 Å². The van der Waals surface area contributed by atoms with E-state index in [9.17, 15) is 14.3 Å². The number of nitrogens with zero attached hydrogens (tertiary/aromatic N) is 1. The van der Waals surface area contributed by atoms with E-state index in [2.05, 4.69) is 0 Å². The Morgan fingerprint density at radius 1 is 1.36 bits per heavy atom. The first-order valence-electron chi connectivity index (χ1n) is 7.86. The fourth-order valence-corrected chi connectivity index (χ4v) is 2.95. The van der Waals surface area contributed by atoms with Gasteiger partial charge in [0.25, 0.3) is 5.91 Å². The van der Waals surface area contributed by atoms with E-state index >= 15 is 0 Å². The van der Waals surface area contributed by atoms with E-state index < -0.39 is 12.2 Å². The third-order valence-corrected chi connectivity index (χ3v) is 4.27. The van der Waals surface area contributed by atoms with Gasteiger partial charge in [0.05, 0.1) is 6.10 Å². The second-order valence-electron chi connectivity index (χ2n) is 5.76. The minimum Gasteiger partial charge on any atom is -0.388 e. The monoisotopic (exact) mass is 309 g/mol. The Bertz CT molecular complexity index is 483. The van der Waals surface area contributed by atoms with Crippen molar-refractivity contribution in [1.82, 2.24) is 4.90 Å². The van der Waals surface area contributed by atoms with E-state index in [-0.39, 0.29) is 17.6 Å². The van der Waals surface area contributed by atoms with Crippen LogP contribution in [0.2, 0.25) is 0 Å². The summed E-state index contributed by atoms with van der Waals surface area (Å²) in [7, 11) is 0. The van der Waals surface area contributed by atoms with Gasteiger partial charge in [-0.05, 0) is 50.3 Å². The molecule has 1 saturated heterocycles. The highest BCUT2D eigenvalue weighted by Gasteiger charge is 2.30. The van der Waals surface area contributed by atoms with Crippen molar-refractivity contribution in [3.05, 3.63) is 35.6 Å². The zero-order valence-electron chi connectivity index (χ0n) is 13.2. The van der Waals surface area contributed by atoms with E-state index in [1.54, 1.807) is 24.0 Å². The van der Waals surface area contributed by atoms with Gasteiger partial charge in [-0.15, -0.1) is 0 Å². The number of aliphatic hydroxyl groups excluding tert-OH is 1. The van der Waals surface area contributed by atoms with Gasteiger partial charge in [-0.1, -0.05) is 12.1 Å². The van der Waals surface area contributed by atoms with E-state index in [0.29, 0.717) is 19.7 Å². The van der Waals surface area contributed by atoms with Gasteiger partial charge in [0.15, 0.2) is 0 Å². The van der Waals surface area contributed by atoms with Gasteiger partial charge < -0.3 is 14.7 Å². The molecule has 0 aliphatic carbocycles. The van der Waals surface area contributed by atoms with Gasteiger partial charge in [0.1, 0.15) is 11.9 Å². The maximum absolute atomic E-state index is 12.9. The zero-order chi connectivity index (χ0) is 16.1. The van der Waals surface area contributed by atoms with Crippen LogP contribution in [0.25, 0.3) is 0 Å². The highest BCUT2D eigenvalue weighted by atomic mass is 19.1. The summed E-state index contributed by atoms with van der Waals surface area (Å²) in [5.41, 5.74) is 0.730. The molecule has 1 aliphatic heterocycles. The molecule has 1 N–H and O–H groups in total. The fraction of sp³-hybridized carbons (Fsp3) is 0.588. The number of hydrogen-bond donors (Lipinski definition) is 1. The van der Waals surface area contributed by atoms with Gasteiger partial charge in [-0.25, -0.2) is 4.39 Å². The lowest BCUT2D eigenvalue weighted by Crippen LogP contribution is -2.44. The molecule has 0 saturated carbocycles. The van der Waals surface area contributed by atoms with Crippen molar-refractivity contribution in [3.63, 3.8) is 0 Å². The zero-order valence-corrected chi connectivity index (χ0v) is 13.2. The number of likely N-dealkylation sites (tertiary alicyclic amines) is 1. The van der Waals surface area contributed by atoms with Crippen LogP contribution in [0.5, 0.6) is 0 Å². The number of rotatable bonds is 5. The summed E-state index contributed by atoms with van der Waals surface area (Å²) in [6.45, 7) is 5.41. The Morgan fingerprint density at radius 2 is 1.95 bits per heavy atom. The summed E-state index contributed by atoms with van der Waals surface area (Å²) in [5.74, 6) is -0.199. The molecule has 2 unspecified atom stereocenters. The van der Waals surface area contributed by atoms with Crippen LogP contribution in [-0.2, 0) is 9.53 Å². The molecule has 0 aromatic heterocycles. The van der Waals surface area contributed by atoms with Crippen LogP contribution in [0.1, 0.15) is 38.4 Å². The predicted octanol–water partition coefficient (Wildman–Crippen LogP) is 2.52. The van der Waals surface area contributed by atoms with Gasteiger partial charge in [-0.3, -0.25) is 4.79 Å². The standard InChI is InChI=1S/C17H24FNO3/c1-3-22-12(2)17(21)19-10-8-14(9-11-19)16(20)13-4-6-15(18)7-5-13/h4-7,12,14,16,20H,3,8-11H2,1-2H3. The van der Waals surface area contributed by atoms with Crippen LogP contribution in [0.3, 0.4) is 0 Å². The number of carbonyl (C=O) groups is 1. The van der Waals surface area contributed by atoms with E-state index in [1.165, 1.54) is 12.1 Å². The first-order valence-corrected chi connectivity index (χ1v) is 7.86. The summed E-state index contributed by atoms with van der Waals surface area (Å²) >= 11 is 0. The Morgan fingerprint density at radius 3 is 2.50 bits per heavy atom. The van der Waals surface area contributed by atoms with Gasteiger partial charge >= 0.3 is 0 Å². The molecule has 1 fully saturated rings. The number of benzene rings is 1. The average Bonchev–Trinajstić information content (AvgIpc) is 2.54. The Kier molecular flexibility index (Phi) is 5.91. The van der Waals surface area contributed by atoms with Crippen LogP contribution < -0.4 is 0 Å². The SMILES string of the molecule is CCOC(C)C(=O)N1CCC(C(O)c2ccc(F)cc2)CC1. The minimum absolute atomic E-state index is 0.0107. The van der Waals surface area contributed by atoms with Crippen molar-refractivity contribution < 1.29 is 19.0 Å². The van der Waals surface area contributed by atoms with Crippen LogP contribution in [0.4, 0.5) is 4.39 Å². The predicted molar refractivity (Wildman–Crippen MR) is 81.8 cm³/mol. The number of hydrogen-bond acceptors (Lipinski definition) is 3. The number of amides is 1. The highest BCUT2D eigenvalue weighted by molar-refractivity contribution is 5.80. The number of ether oxygens (including phenoxy) is 1. The van der Waals surface area contributed by atoms with E-state index in [0.717, 1.165) is 18.4 Å². The van der Waals surface area contributed by atoms with Crippen molar-refractivity contribution >= 4 is 5.91 Å². The Hall–Kier alpha value is -1.46. The minimum atomic E-state index is -0.609. The molecule has 0 radical (unpaired) electrons. The summed E-state index contributed by atoms with van der Waals surface area (Å²) in [6.07, 6.45) is 0.456. The average molecular weight is 309 g/mol. The molecule has 5 heteroatoms. The van der Waals surface area contributed by atoms with Crippen LogP contribution in [0, 0.1) is 11.7 Å². The van der Waals surface area contributed by atoms with Crippen molar-refractivity contribution in [1.29, 1.82) is 0 Å². The molecule has 1 amide bonds. The molecule has 122 valence electrons. The van der Waals surface area contributed by atoms with E-state index in [4.69, 9.17) is 4.74 Å². The summed E-state index contributed by atoms with van der Waals surface area (Å²) in [6, 6.07) is 5.96. The third-order valence-electron chi connectivity index (χ3n) is 4.27. The first-order chi connectivity index (χ1) is 10.5. The molecule has 2 atom stereocenters. The second kappa shape index (κ2) is 7.70. The second-order valence-corrected chi connectivity index (χ2v) is 5.76. The first kappa shape index (κ1) is 16.9. The molecular weight excluding hydrogens is 285 g/mol. The number of aliphatic hydroxyl groups is 1. The molecule has 0 spiro atoms. The van der Waals surface area contributed by atoms with Gasteiger partial charge in [0.2, 0.25) is 0 Å². The summed E-state index contributed by atoms with van der Waals surface area (Å²) < 4.78 is 18.3. The molecule has 2 rings (SSSR count). The Labute approximate surface area is 130 Å². The number of carbonyl (C=O) groups excluding carboxylic acids is 1. The molecule has 1 aromatic rings. The van der Waals surface area contributed by atoms with Crippen molar-refractivity contribution in [3.8, 4) is 0 Å². The molecule has 1 aliphatic rings. The number of piperidine rings is 1. The van der Waals surface area contributed by atoms with Gasteiger partial charge in [-0.2, -0.15) is 0 Å². The lowest BCUT2D eigenvalue weighted by atomic mass is 9.87. The molecule has 1 aromatic carbocycles. The molecule has 0 bridgehead atoms. The maximum Gasteiger partial charge on any atom is 0.251 e. The number of halogens is 1. The van der Waals surface area contributed by atoms with E-state index in [1.807, 2.05) is 6.92 Å². The van der Waals surface area contributed by atoms with Gasteiger partial charge in [0, 0.05) is 19.7 Å². The highest BCUT2D eigenvalue weighted by Crippen LogP contribution is 2.31. The summed E-state index contributed by atoms with van der Waals surface area (Å²) in [4.78, 5) is 14.0. The quantitative estimate of drug-likeness (QED) is 0.909. The smallest absolute Gasteiger partial charge is 0.251 e. The largest absolute Gasteiger partial charge is 0.388 e. The van der Waals surface area contributed by atoms with Crippen LogP contribution >= 0.6 is 0 Å². The topological polar surface area (TPSA) is 49.8 Å². The molecule has 4 nitrogen and oxygen atoms in total. The maximum atomic E-state index is 12.9. The lowest BCUT2D eigenvalue weighted by Gasteiger charge is -2.35. The molecule has 1 heterocycles. The summed E-state index contributed by atoms with van der Waals surface area (Å²) in [5, 5.41) is 10.4.